The van der Waals surface area contributed by atoms with Gasteiger partial charge in [-0.25, -0.2) is 4.79 Å². The molecule has 1 atom stereocenters. The molecule has 0 saturated carbocycles. The van der Waals surface area contributed by atoms with Crippen LogP contribution in [-0.2, 0) is 9.53 Å². The first-order valence-corrected chi connectivity index (χ1v) is 6.43. The van der Waals surface area contributed by atoms with Gasteiger partial charge in [-0.3, -0.25) is 10.1 Å². The highest BCUT2D eigenvalue weighted by molar-refractivity contribution is 9.10. The molecule has 0 aliphatic heterocycles. The van der Waals surface area contributed by atoms with Gasteiger partial charge < -0.3 is 9.47 Å². The van der Waals surface area contributed by atoms with Crippen molar-refractivity contribution in [3.63, 3.8) is 0 Å². The first kappa shape index (κ1) is 17.4. The Balaban J connectivity index is 0.00000154. The number of hydrogen-bond acceptors (Lipinski definition) is 5. The summed E-state index contributed by atoms with van der Waals surface area (Å²) in [4.78, 5) is 21.3. The number of benzene rings is 1. The van der Waals surface area contributed by atoms with E-state index in [0.29, 0.717) is 4.47 Å². The monoisotopic (exact) mass is 333 g/mol. The number of nitrogens with zero attached hydrogens (tertiary/aromatic N) is 1. The lowest BCUT2D eigenvalue weighted by molar-refractivity contribution is -0.386. The number of carbonyl (C=O) groups is 1. The van der Waals surface area contributed by atoms with Crippen LogP contribution in [-0.4, -0.2) is 24.1 Å². The molecule has 0 bridgehead atoms. The van der Waals surface area contributed by atoms with E-state index in [2.05, 4.69) is 20.7 Å². The molecule has 0 saturated heterocycles. The lowest BCUT2D eigenvalue weighted by Crippen LogP contribution is -2.25. The highest BCUT2D eigenvalue weighted by Gasteiger charge is 2.21. The summed E-state index contributed by atoms with van der Waals surface area (Å²) in [5, 5.41) is 10.7. The maximum absolute atomic E-state index is 11.2. The quantitative estimate of drug-likeness (QED) is 0.479. The molecule has 0 aliphatic rings. The van der Waals surface area contributed by atoms with Crippen LogP contribution in [0.15, 0.2) is 22.7 Å². The first-order valence-electron chi connectivity index (χ1n) is 5.64. The summed E-state index contributed by atoms with van der Waals surface area (Å²) in [6.07, 6.45) is -0.909. The molecule has 0 unspecified atom stereocenters. The molecule has 106 valence electrons. The van der Waals surface area contributed by atoms with Crippen LogP contribution in [0.3, 0.4) is 0 Å². The number of methoxy groups -OCH3 is 1. The van der Waals surface area contributed by atoms with E-state index in [-0.39, 0.29) is 11.4 Å². The van der Waals surface area contributed by atoms with Gasteiger partial charge in [0.05, 0.1) is 12.0 Å². The van der Waals surface area contributed by atoms with Crippen LogP contribution in [0.25, 0.3) is 0 Å². The average Bonchev–Trinajstić information content (AvgIpc) is 2.39. The lowest BCUT2D eigenvalue weighted by atomic mass is 10.3. The minimum Gasteiger partial charge on any atom is -0.472 e. The fourth-order valence-corrected chi connectivity index (χ4v) is 1.48. The zero-order valence-electron chi connectivity index (χ0n) is 11.2. The van der Waals surface area contributed by atoms with Crippen molar-refractivity contribution >= 4 is 27.6 Å². The first-order chi connectivity index (χ1) is 8.95. The third-order valence-electron chi connectivity index (χ3n) is 1.96. The molecule has 0 spiro atoms. The standard InChI is InChI=1S/C10H10BrNO5.C2H6/c1-6(10(13)16-2)17-9-5-7(11)3-4-8(9)12(14)15;1-2/h3-6H,1-2H3;1-2H3/t6-;/m1./s1. The Bertz CT molecular complexity index is 450. The van der Waals surface area contributed by atoms with Crippen molar-refractivity contribution in [3.05, 3.63) is 32.8 Å². The van der Waals surface area contributed by atoms with Gasteiger partial charge in [0, 0.05) is 16.6 Å². The largest absolute Gasteiger partial charge is 0.472 e. The summed E-state index contributed by atoms with van der Waals surface area (Å²) in [6, 6.07) is 4.24. The number of esters is 1. The highest BCUT2D eigenvalue weighted by atomic mass is 79.9. The summed E-state index contributed by atoms with van der Waals surface area (Å²) in [6.45, 7) is 5.45. The van der Waals surface area contributed by atoms with Crippen LogP contribution in [0.5, 0.6) is 5.75 Å². The molecule has 1 rings (SSSR count). The number of nitro benzene ring substituents is 1. The van der Waals surface area contributed by atoms with Crippen molar-refractivity contribution < 1.29 is 19.2 Å². The van der Waals surface area contributed by atoms with Gasteiger partial charge >= 0.3 is 11.7 Å². The van der Waals surface area contributed by atoms with Gasteiger partial charge in [-0.2, -0.15) is 0 Å². The molecule has 0 fully saturated rings. The average molecular weight is 334 g/mol. The van der Waals surface area contributed by atoms with Crippen molar-refractivity contribution in [2.75, 3.05) is 7.11 Å². The minimum atomic E-state index is -0.909. The molecule has 0 aromatic heterocycles. The van der Waals surface area contributed by atoms with E-state index in [1.165, 1.54) is 32.2 Å². The second-order valence-corrected chi connectivity index (χ2v) is 4.07. The molecule has 0 radical (unpaired) electrons. The number of rotatable bonds is 4. The molecule has 19 heavy (non-hydrogen) atoms. The normalized spacial score (nSPS) is 10.8. The summed E-state index contributed by atoms with van der Waals surface area (Å²) in [5.41, 5.74) is -0.205. The summed E-state index contributed by atoms with van der Waals surface area (Å²) < 4.78 is 10.3. The molecule has 0 amide bonds. The number of carbonyl (C=O) groups excluding carboxylic acids is 1. The van der Waals surface area contributed by atoms with E-state index in [4.69, 9.17) is 4.74 Å². The SMILES string of the molecule is CC.COC(=O)[C@@H](C)Oc1cc(Br)ccc1[N+](=O)[O-]. The van der Waals surface area contributed by atoms with Gasteiger partial charge in [-0.05, 0) is 13.0 Å². The fraction of sp³-hybridized carbons (Fsp3) is 0.417. The minimum absolute atomic E-state index is 0.0160. The van der Waals surface area contributed by atoms with Crippen LogP contribution in [0.1, 0.15) is 20.8 Å². The Hall–Kier alpha value is -1.63. The molecule has 0 N–H and O–H groups in total. The molecule has 6 nitrogen and oxygen atoms in total. The third-order valence-corrected chi connectivity index (χ3v) is 2.45. The zero-order valence-corrected chi connectivity index (χ0v) is 12.8. The topological polar surface area (TPSA) is 78.7 Å². The van der Waals surface area contributed by atoms with Gasteiger partial charge in [0.1, 0.15) is 0 Å². The predicted molar refractivity (Wildman–Crippen MR) is 74.3 cm³/mol. The van der Waals surface area contributed by atoms with Crippen molar-refractivity contribution in [1.29, 1.82) is 0 Å². The molecule has 0 heterocycles. The van der Waals surface area contributed by atoms with Gasteiger partial charge in [0.2, 0.25) is 0 Å². The molecule has 1 aromatic rings. The van der Waals surface area contributed by atoms with E-state index in [0.717, 1.165) is 0 Å². The third kappa shape index (κ3) is 5.25. The Morgan fingerprint density at radius 1 is 1.42 bits per heavy atom. The molecule has 1 aromatic carbocycles. The van der Waals surface area contributed by atoms with Crippen molar-refractivity contribution in [2.24, 2.45) is 0 Å². The molecular formula is C12H16BrNO5. The Kier molecular flexibility index (Phi) is 7.74. The van der Waals surface area contributed by atoms with Crippen LogP contribution >= 0.6 is 15.9 Å². The van der Waals surface area contributed by atoms with Crippen LogP contribution in [0.4, 0.5) is 5.69 Å². The van der Waals surface area contributed by atoms with E-state index in [1.54, 1.807) is 0 Å². The Labute approximate surface area is 120 Å². The molecular weight excluding hydrogens is 318 g/mol. The summed E-state index contributed by atoms with van der Waals surface area (Å²) in [5.74, 6) is -0.582. The lowest BCUT2D eigenvalue weighted by Gasteiger charge is -2.12. The fourth-order valence-electron chi connectivity index (χ4n) is 1.14. The second-order valence-electron chi connectivity index (χ2n) is 3.15. The number of halogens is 1. The summed E-state index contributed by atoms with van der Waals surface area (Å²) >= 11 is 3.17. The van der Waals surface area contributed by atoms with E-state index in [9.17, 15) is 14.9 Å². The number of nitro groups is 1. The molecule has 7 heteroatoms. The van der Waals surface area contributed by atoms with Crippen LogP contribution in [0.2, 0.25) is 0 Å². The van der Waals surface area contributed by atoms with Crippen molar-refractivity contribution in [3.8, 4) is 5.75 Å². The maximum atomic E-state index is 11.2. The van der Waals surface area contributed by atoms with Gasteiger partial charge in [0.25, 0.3) is 0 Å². The van der Waals surface area contributed by atoms with Crippen molar-refractivity contribution in [2.45, 2.75) is 26.9 Å². The maximum Gasteiger partial charge on any atom is 0.346 e. The smallest absolute Gasteiger partial charge is 0.346 e. The van der Waals surface area contributed by atoms with Crippen LogP contribution in [0, 0.1) is 10.1 Å². The van der Waals surface area contributed by atoms with Crippen molar-refractivity contribution in [1.82, 2.24) is 0 Å². The zero-order chi connectivity index (χ0) is 15.0. The summed E-state index contributed by atoms with van der Waals surface area (Å²) in [7, 11) is 1.22. The Morgan fingerprint density at radius 2 is 2.00 bits per heavy atom. The van der Waals surface area contributed by atoms with Crippen LogP contribution < -0.4 is 4.74 Å². The van der Waals surface area contributed by atoms with E-state index in [1.807, 2.05) is 13.8 Å². The molecule has 0 aliphatic carbocycles. The van der Waals surface area contributed by atoms with Gasteiger partial charge in [-0.15, -0.1) is 0 Å². The number of hydrogen-bond donors (Lipinski definition) is 0. The van der Waals surface area contributed by atoms with E-state index < -0.39 is 17.0 Å². The van der Waals surface area contributed by atoms with E-state index >= 15 is 0 Å². The van der Waals surface area contributed by atoms with Gasteiger partial charge in [0.15, 0.2) is 11.9 Å². The second kappa shape index (κ2) is 8.47. The Morgan fingerprint density at radius 3 is 2.47 bits per heavy atom. The highest BCUT2D eigenvalue weighted by Crippen LogP contribution is 2.30. The predicted octanol–water partition coefficient (Wildman–Crippen LogP) is 3.32. The van der Waals surface area contributed by atoms with Gasteiger partial charge in [-0.1, -0.05) is 29.8 Å². The number of ether oxygens (including phenoxy) is 2.